The molecule has 0 spiro atoms. The van der Waals surface area contributed by atoms with Gasteiger partial charge in [-0.3, -0.25) is 4.79 Å². The Balaban J connectivity index is 1.69. The molecule has 0 aromatic heterocycles. The summed E-state index contributed by atoms with van der Waals surface area (Å²) < 4.78 is 0. The van der Waals surface area contributed by atoms with Crippen molar-refractivity contribution in [2.75, 3.05) is 0 Å². The summed E-state index contributed by atoms with van der Waals surface area (Å²) in [4.78, 5) is 12.3. The lowest BCUT2D eigenvalue weighted by Crippen LogP contribution is -2.17. The van der Waals surface area contributed by atoms with Gasteiger partial charge in [-0.05, 0) is 55.2 Å². The second kappa shape index (κ2) is 7.79. The Bertz CT molecular complexity index is 919. The number of rotatable bonds is 4. The van der Waals surface area contributed by atoms with Crippen molar-refractivity contribution in [3.05, 3.63) is 94.5 Å². The van der Waals surface area contributed by atoms with Gasteiger partial charge in [-0.25, -0.2) is 5.43 Å². The lowest BCUT2D eigenvalue weighted by molar-refractivity contribution is 0.0955. The van der Waals surface area contributed by atoms with Crippen LogP contribution in [-0.4, -0.2) is 12.1 Å². The van der Waals surface area contributed by atoms with Crippen molar-refractivity contribution < 1.29 is 4.79 Å². The van der Waals surface area contributed by atoms with Crippen LogP contribution in [0.5, 0.6) is 0 Å². The van der Waals surface area contributed by atoms with Gasteiger partial charge in [0.2, 0.25) is 0 Å². The van der Waals surface area contributed by atoms with Crippen molar-refractivity contribution in [3.63, 3.8) is 0 Å². The quantitative estimate of drug-likeness (QED) is 0.523. The van der Waals surface area contributed by atoms with Crippen molar-refractivity contribution >= 4 is 12.1 Å². The zero-order valence-corrected chi connectivity index (χ0v) is 15.3. The molecule has 0 unspecified atom stereocenters. The first-order valence-electron chi connectivity index (χ1n) is 8.61. The fourth-order valence-corrected chi connectivity index (χ4v) is 3.06. The third-order valence-corrected chi connectivity index (χ3v) is 4.35. The van der Waals surface area contributed by atoms with E-state index in [-0.39, 0.29) is 5.91 Å². The molecule has 130 valence electrons. The molecule has 26 heavy (non-hydrogen) atoms. The molecule has 0 aliphatic heterocycles. The Morgan fingerprint density at radius 3 is 2.04 bits per heavy atom. The lowest BCUT2D eigenvalue weighted by Gasteiger charge is -2.07. The summed E-state index contributed by atoms with van der Waals surface area (Å²) in [5.74, 6) is -0.219. The normalized spacial score (nSPS) is 10.9. The third-order valence-electron chi connectivity index (χ3n) is 4.35. The van der Waals surface area contributed by atoms with Gasteiger partial charge in [0, 0.05) is 11.1 Å². The summed E-state index contributed by atoms with van der Waals surface area (Å²) in [6.45, 7) is 6.17. The van der Waals surface area contributed by atoms with Gasteiger partial charge in [0.1, 0.15) is 0 Å². The average Bonchev–Trinajstić information content (AvgIpc) is 2.64. The molecular formula is C23H22N2O. The first-order valence-corrected chi connectivity index (χ1v) is 8.61. The predicted octanol–water partition coefficient (Wildman–Crippen LogP) is 5.04. The number of nitrogens with zero attached hydrogens (tertiary/aromatic N) is 1. The van der Waals surface area contributed by atoms with E-state index in [1.54, 1.807) is 6.21 Å². The molecular weight excluding hydrogens is 320 g/mol. The number of carbonyl (C=O) groups excluding carboxylic acids is 1. The molecule has 3 nitrogen and oxygen atoms in total. The molecule has 0 fully saturated rings. The molecule has 1 N–H and O–H groups in total. The van der Waals surface area contributed by atoms with Gasteiger partial charge in [0.25, 0.3) is 5.91 Å². The summed E-state index contributed by atoms with van der Waals surface area (Å²) in [7, 11) is 0. The molecule has 0 bridgehead atoms. The van der Waals surface area contributed by atoms with E-state index >= 15 is 0 Å². The highest BCUT2D eigenvalue weighted by atomic mass is 16.2. The molecule has 0 atom stereocenters. The average molecular weight is 342 g/mol. The highest BCUT2D eigenvalue weighted by Crippen LogP contribution is 2.19. The minimum Gasteiger partial charge on any atom is -0.267 e. The van der Waals surface area contributed by atoms with E-state index in [1.165, 1.54) is 5.56 Å². The molecule has 1 amide bonds. The van der Waals surface area contributed by atoms with E-state index in [2.05, 4.69) is 29.6 Å². The second-order valence-corrected chi connectivity index (χ2v) is 6.45. The van der Waals surface area contributed by atoms with Crippen molar-refractivity contribution in [3.8, 4) is 11.1 Å². The monoisotopic (exact) mass is 342 g/mol. The van der Waals surface area contributed by atoms with Crippen LogP contribution in [0.1, 0.15) is 32.6 Å². The van der Waals surface area contributed by atoms with Crippen LogP contribution >= 0.6 is 0 Å². The lowest BCUT2D eigenvalue weighted by atomic mass is 10.0. The topological polar surface area (TPSA) is 41.5 Å². The highest BCUT2D eigenvalue weighted by molar-refractivity contribution is 5.95. The van der Waals surface area contributed by atoms with Crippen molar-refractivity contribution in [1.82, 2.24) is 5.43 Å². The summed E-state index contributed by atoms with van der Waals surface area (Å²) in [5, 5.41) is 4.13. The number of nitrogens with one attached hydrogen (secondary N) is 1. The van der Waals surface area contributed by atoms with Gasteiger partial charge < -0.3 is 0 Å². The van der Waals surface area contributed by atoms with Gasteiger partial charge in [-0.2, -0.15) is 5.10 Å². The standard InChI is InChI=1S/C23H22N2O/c1-16-13-17(2)22(18(3)14-16)15-24-25-23(26)21-11-9-20(10-12-21)19-7-5-4-6-8-19/h4-15H,1-3H3,(H,25,26)/b24-15-. The smallest absolute Gasteiger partial charge is 0.267 e. The van der Waals surface area contributed by atoms with Crippen LogP contribution in [-0.2, 0) is 0 Å². The highest BCUT2D eigenvalue weighted by Gasteiger charge is 2.05. The number of hydrogen-bond acceptors (Lipinski definition) is 2. The van der Waals surface area contributed by atoms with Crippen LogP contribution in [0, 0.1) is 20.8 Å². The van der Waals surface area contributed by atoms with Crippen LogP contribution in [0.3, 0.4) is 0 Å². The molecule has 0 heterocycles. The van der Waals surface area contributed by atoms with Gasteiger partial charge in [-0.1, -0.05) is 60.2 Å². The number of hydrogen-bond donors (Lipinski definition) is 1. The van der Waals surface area contributed by atoms with Crippen LogP contribution in [0.4, 0.5) is 0 Å². The van der Waals surface area contributed by atoms with Crippen LogP contribution < -0.4 is 5.43 Å². The van der Waals surface area contributed by atoms with Gasteiger partial charge in [-0.15, -0.1) is 0 Å². The minimum atomic E-state index is -0.219. The molecule has 3 aromatic rings. The molecule has 0 radical (unpaired) electrons. The van der Waals surface area contributed by atoms with Crippen molar-refractivity contribution in [2.24, 2.45) is 5.10 Å². The molecule has 0 aliphatic carbocycles. The van der Waals surface area contributed by atoms with E-state index in [1.807, 2.05) is 68.4 Å². The fourth-order valence-electron chi connectivity index (χ4n) is 3.06. The Labute approximate surface area is 154 Å². The third kappa shape index (κ3) is 4.06. The van der Waals surface area contributed by atoms with Crippen molar-refractivity contribution in [2.45, 2.75) is 20.8 Å². The Morgan fingerprint density at radius 1 is 0.846 bits per heavy atom. The fraction of sp³-hybridized carbons (Fsp3) is 0.130. The largest absolute Gasteiger partial charge is 0.271 e. The van der Waals surface area contributed by atoms with E-state index in [9.17, 15) is 4.79 Å². The maximum absolute atomic E-state index is 12.3. The zero-order valence-electron chi connectivity index (χ0n) is 15.3. The molecule has 3 rings (SSSR count). The molecule has 0 saturated carbocycles. The Kier molecular flexibility index (Phi) is 5.28. The zero-order chi connectivity index (χ0) is 18.5. The van der Waals surface area contributed by atoms with Gasteiger partial charge in [0.15, 0.2) is 0 Å². The predicted molar refractivity (Wildman–Crippen MR) is 108 cm³/mol. The van der Waals surface area contributed by atoms with Crippen molar-refractivity contribution in [1.29, 1.82) is 0 Å². The SMILES string of the molecule is Cc1cc(C)c(/C=N\NC(=O)c2ccc(-c3ccccc3)cc2)c(C)c1. The summed E-state index contributed by atoms with van der Waals surface area (Å²) in [6.07, 6.45) is 1.71. The Morgan fingerprint density at radius 2 is 1.42 bits per heavy atom. The molecule has 3 heteroatoms. The summed E-state index contributed by atoms with van der Waals surface area (Å²) >= 11 is 0. The first-order chi connectivity index (χ1) is 12.5. The first kappa shape index (κ1) is 17.6. The van der Waals surface area contributed by atoms with Crippen LogP contribution in [0.25, 0.3) is 11.1 Å². The maximum Gasteiger partial charge on any atom is 0.271 e. The van der Waals surface area contributed by atoms with Gasteiger partial charge in [0.05, 0.1) is 6.21 Å². The number of aryl methyl sites for hydroxylation is 3. The number of amides is 1. The summed E-state index contributed by atoms with van der Waals surface area (Å²) in [5.41, 5.74) is 9.95. The molecule has 0 aliphatic rings. The van der Waals surface area contributed by atoms with Gasteiger partial charge >= 0.3 is 0 Å². The molecule has 0 saturated heterocycles. The summed E-state index contributed by atoms with van der Waals surface area (Å²) in [6, 6.07) is 21.8. The van der Waals surface area contributed by atoms with E-state index in [0.717, 1.165) is 27.8 Å². The number of benzene rings is 3. The molecule has 3 aromatic carbocycles. The Hall–Kier alpha value is -3.20. The second-order valence-electron chi connectivity index (χ2n) is 6.45. The van der Waals surface area contributed by atoms with E-state index < -0.39 is 0 Å². The number of carbonyl (C=O) groups is 1. The van der Waals surface area contributed by atoms with E-state index in [0.29, 0.717) is 5.56 Å². The number of hydrazone groups is 1. The van der Waals surface area contributed by atoms with Crippen LogP contribution in [0.15, 0.2) is 71.8 Å². The maximum atomic E-state index is 12.3. The van der Waals surface area contributed by atoms with Crippen LogP contribution in [0.2, 0.25) is 0 Å². The minimum absolute atomic E-state index is 0.219. The van der Waals surface area contributed by atoms with E-state index in [4.69, 9.17) is 0 Å².